The van der Waals surface area contributed by atoms with E-state index in [1.807, 2.05) is 20.8 Å². The average Bonchev–Trinajstić information content (AvgIpc) is 2.69. The van der Waals surface area contributed by atoms with E-state index in [-0.39, 0.29) is 40.7 Å². The van der Waals surface area contributed by atoms with Gasteiger partial charge in [-0.15, -0.1) is 0 Å². The third kappa shape index (κ3) is 7.62. The molecule has 0 saturated heterocycles. The largest absolute Gasteiger partial charge is 0.380 e. The molecule has 13 heteroatoms. The van der Waals surface area contributed by atoms with E-state index in [4.69, 9.17) is 15.2 Å². The number of benzene rings is 1. The number of hydrogen-bond donors (Lipinski definition) is 4. The van der Waals surface area contributed by atoms with Crippen molar-refractivity contribution in [1.82, 2.24) is 9.97 Å². The van der Waals surface area contributed by atoms with E-state index in [0.29, 0.717) is 5.69 Å². The monoisotopic (exact) mass is 475 g/mol. The summed E-state index contributed by atoms with van der Waals surface area (Å²) < 4.78 is 28.0. The average molecular weight is 476 g/mol. The van der Waals surface area contributed by atoms with Crippen molar-refractivity contribution in [2.45, 2.75) is 33.2 Å². The molecule has 0 fully saturated rings. The molecule has 5 N–H and O–H groups in total. The zero-order valence-electron chi connectivity index (χ0n) is 18.5. The van der Waals surface area contributed by atoms with Crippen LogP contribution in [0.4, 0.5) is 23.1 Å². The van der Waals surface area contributed by atoms with Crippen LogP contribution in [0.1, 0.15) is 37.6 Å². The van der Waals surface area contributed by atoms with Crippen molar-refractivity contribution in [2.75, 3.05) is 22.2 Å². The van der Waals surface area contributed by atoms with Gasteiger partial charge in [0.25, 0.3) is 5.91 Å². The van der Waals surface area contributed by atoms with Crippen LogP contribution < -0.4 is 25.9 Å². The maximum absolute atomic E-state index is 11.9. The molecule has 1 heterocycles. The second-order valence-electron chi connectivity index (χ2n) is 7.50. The van der Waals surface area contributed by atoms with Gasteiger partial charge in [-0.2, -0.15) is 18.7 Å². The van der Waals surface area contributed by atoms with Gasteiger partial charge in [0, 0.05) is 17.9 Å². The van der Waals surface area contributed by atoms with Crippen molar-refractivity contribution in [1.29, 1.82) is 5.26 Å². The number of anilines is 4. The molecule has 0 aliphatic rings. The van der Waals surface area contributed by atoms with Gasteiger partial charge in [0.05, 0.1) is 23.6 Å². The van der Waals surface area contributed by atoms with Gasteiger partial charge < -0.3 is 25.9 Å². The zero-order chi connectivity index (χ0) is 24.8. The molecule has 0 radical (unpaired) electrons. The number of carbonyl (C=O) groups is 2. The minimum atomic E-state index is -3.87. The molecule has 1 aromatic heterocycles. The normalized spacial score (nSPS) is 11.9. The predicted octanol–water partition coefficient (Wildman–Crippen LogP) is 1.97. The van der Waals surface area contributed by atoms with Crippen LogP contribution in [0, 0.1) is 17.2 Å². The number of aromatic nitrogens is 2. The number of rotatable bonds is 10. The number of amides is 2. The summed E-state index contributed by atoms with van der Waals surface area (Å²) >= 11 is 0. The van der Waals surface area contributed by atoms with E-state index in [0.717, 1.165) is 6.26 Å². The molecule has 0 aliphatic heterocycles. The number of nitrogens with one attached hydrogen (secondary N) is 3. The Labute approximate surface area is 191 Å². The molecule has 1 atom stereocenters. The number of carbonyl (C=O) groups excluding carboxylic acids is 2. The molecule has 0 unspecified atom stereocenters. The van der Waals surface area contributed by atoms with E-state index in [9.17, 15) is 18.0 Å². The topological polar surface area (TPSA) is 189 Å². The zero-order valence-corrected chi connectivity index (χ0v) is 19.4. The van der Waals surface area contributed by atoms with Crippen molar-refractivity contribution < 1.29 is 22.2 Å². The van der Waals surface area contributed by atoms with Gasteiger partial charge in [0.1, 0.15) is 12.2 Å². The van der Waals surface area contributed by atoms with E-state index in [2.05, 4.69) is 25.9 Å². The van der Waals surface area contributed by atoms with Crippen molar-refractivity contribution in [2.24, 2.45) is 11.7 Å². The van der Waals surface area contributed by atoms with Gasteiger partial charge in [0.15, 0.2) is 5.75 Å². The fraction of sp³-hybridized carbons (Fsp3) is 0.350. The van der Waals surface area contributed by atoms with E-state index >= 15 is 0 Å². The predicted molar refractivity (Wildman–Crippen MR) is 123 cm³/mol. The fourth-order valence-electron chi connectivity index (χ4n) is 2.45. The molecule has 2 aromatic rings. The fourth-order valence-corrected chi connectivity index (χ4v) is 2.92. The minimum absolute atomic E-state index is 0.0137. The van der Waals surface area contributed by atoms with Crippen LogP contribution in [0.3, 0.4) is 0 Å². The first-order valence-corrected chi connectivity index (χ1v) is 11.6. The standard InChI is InChI=1S/C20H25N7O5S/c1-11(2)12(3)24-19-14(18(22)29)10-23-20(27-19)25-13-5-6-16(32-33(4,30)31)15(9-13)26-17(28)7-8-21/h5-6,9-12H,7H2,1-4H3,(H2,22,29)(H,26,28)(H2,23,24,25,27)/t12-/m1/s1. The molecule has 12 nitrogen and oxygen atoms in total. The summed E-state index contributed by atoms with van der Waals surface area (Å²) in [4.78, 5) is 32.0. The van der Waals surface area contributed by atoms with Gasteiger partial charge in [0.2, 0.25) is 11.9 Å². The maximum atomic E-state index is 11.9. The Morgan fingerprint density at radius 3 is 2.55 bits per heavy atom. The number of nitrogens with zero attached hydrogens (tertiary/aromatic N) is 3. The number of nitrogens with two attached hydrogens (primary N) is 1. The first-order valence-electron chi connectivity index (χ1n) is 9.80. The second-order valence-corrected chi connectivity index (χ2v) is 9.08. The summed E-state index contributed by atoms with van der Waals surface area (Å²) in [5.74, 6) is -0.856. The highest BCUT2D eigenvalue weighted by Gasteiger charge is 2.17. The van der Waals surface area contributed by atoms with Crippen molar-refractivity contribution >= 4 is 45.1 Å². The summed E-state index contributed by atoms with van der Waals surface area (Å²) in [7, 11) is -3.87. The van der Waals surface area contributed by atoms with Crippen LogP contribution in [-0.4, -0.2) is 42.5 Å². The first-order chi connectivity index (χ1) is 15.4. The minimum Gasteiger partial charge on any atom is -0.380 e. The third-order valence-electron chi connectivity index (χ3n) is 4.41. The molecule has 176 valence electrons. The summed E-state index contributed by atoms with van der Waals surface area (Å²) in [6, 6.07) is 5.89. The van der Waals surface area contributed by atoms with Crippen LogP contribution in [0.15, 0.2) is 24.4 Å². The Bertz CT molecular complexity index is 1190. The lowest BCUT2D eigenvalue weighted by molar-refractivity contribution is -0.115. The highest BCUT2D eigenvalue weighted by molar-refractivity contribution is 7.86. The molecule has 1 aromatic carbocycles. The second kappa shape index (κ2) is 10.6. The Hall–Kier alpha value is -3.92. The lowest BCUT2D eigenvalue weighted by atomic mass is 10.1. The lowest BCUT2D eigenvalue weighted by Crippen LogP contribution is -2.25. The molecule has 33 heavy (non-hydrogen) atoms. The Balaban J connectivity index is 2.39. The Kier molecular flexibility index (Phi) is 8.14. The molecule has 0 saturated carbocycles. The van der Waals surface area contributed by atoms with Crippen molar-refractivity contribution in [3.8, 4) is 11.8 Å². The van der Waals surface area contributed by atoms with Crippen LogP contribution in [0.25, 0.3) is 0 Å². The van der Waals surface area contributed by atoms with Gasteiger partial charge in [-0.3, -0.25) is 9.59 Å². The van der Waals surface area contributed by atoms with Gasteiger partial charge in [-0.1, -0.05) is 13.8 Å². The molecule has 2 rings (SSSR count). The molecule has 0 spiro atoms. The Morgan fingerprint density at radius 2 is 1.97 bits per heavy atom. The highest BCUT2D eigenvalue weighted by Crippen LogP contribution is 2.30. The Morgan fingerprint density at radius 1 is 1.27 bits per heavy atom. The molecule has 0 aliphatic carbocycles. The SMILES string of the molecule is CC(C)[C@@H](C)Nc1nc(Nc2ccc(OS(C)(=O)=O)c(NC(=O)CC#N)c2)ncc1C(N)=O. The van der Waals surface area contributed by atoms with Crippen LogP contribution in [0.2, 0.25) is 0 Å². The quantitative estimate of drug-likeness (QED) is 0.370. The van der Waals surface area contributed by atoms with E-state index in [1.54, 1.807) is 6.07 Å². The van der Waals surface area contributed by atoms with E-state index in [1.165, 1.54) is 24.4 Å². The summed E-state index contributed by atoms with van der Waals surface area (Å²) in [6.07, 6.45) is 1.71. The third-order valence-corrected chi connectivity index (χ3v) is 4.89. The molecular formula is C20H25N7O5S. The van der Waals surface area contributed by atoms with Crippen molar-refractivity contribution in [3.63, 3.8) is 0 Å². The summed E-state index contributed by atoms with van der Waals surface area (Å²) in [5.41, 5.74) is 5.93. The number of hydrogen-bond acceptors (Lipinski definition) is 10. The number of primary amides is 1. The van der Waals surface area contributed by atoms with Crippen LogP contribution >= 0.6 is 0 Å². The van der Waals surface area contributed by atoms with Gasteiger partial charge in [-0.05, 0) is 31.0 Å². The molecule has 0 bridgehead atoms. The first kappa shape index (κ1) is 25.3. The summed E-state index contributed by atoms with van der Waals surface area (Å²) in [6.45, 7) is 5.94. The van der Waals surface area contributed by atoms with Crippen molar-refractivity contribution in [3.05, 3.63) is 30.0 Å². The lowest BCUT2D eigenvalue weighted by Gasteiger charge is -2.20. The van der Waals surface area contributed by atoms with Crippen LogP contribution in [-0.2, 0) is 14.9 Å². The van der Waals surface area contributed by atoms with Gasteiger partial charge in [-0.25, -0.2) is 4.98 Å². The number of nitriles is 1. The molecule has 2 amide bonds. The van der Waals surface area contributed by atoms with E-state index < -0.39 is 28.4 Å². The smallest absolute Gasteiger partial charge is 0.306 e. The maximum Gasteiger partial charge on any atom is 0.306 e. The highest BCUT2D eigenvalue weighted by atomic mass is 32.2. The van der Waals surface area contributed by atoms with Gasteiger partial charge >= 0.3 is 10.1 Å². The van der Waals surface area contributed by atoms with Crippen LogP contribution in [0.5, 0.6) is 5.75 Å². The summed E-state index contributed by atoms with van der Waals surface area (Å²) in [5, 5.41) is 17.2. The molecular weight excluding hydrogens is 450 g/mol.